The van der Waals surface area contributed by atoms with Crippen LogP contribution in [0.15, 0.2) is 0 Å². The topological polar surface area (TPSA) is 23.8 Å². The molecule has 0 spiro atoms. The summed E-state index contributed by atoms with van der Waals surface area (Å²) in [6.45, 7) is 4.58. The Labute approximate surface area is 147 Å². The number of hydrogen-bond donors (Lipinski definition) is 0. The Morgan fingerprint density at radius 2 is 1.00 bits per heavy atom. The highest BCUT2D eigenvalue weighted by Gasteiger charge is 2.01. The van der Waals surface area contributed by atoms with Gasteiger partial charge in [-0.3, -0.25) is 0 Å². The number of nitriles is 1. The van der Waals surface area contributed by atoms with Crippen molar-refractivity contribution in [2.24, 2.45) is 5.92 Å². The van der Waals surface area contributed by atoms with Crippen LogP contribution in [0.5, 0.6) is 0 Å². The summed E-state index contributed by atoms with van der Waals surface area (Å²) in [5.74, 6) is 0.747. The number of hydrogen-bond acceptors (Lipinski definition) is 1. The molecule has 0 heterocycles. The van der Waals surface area contributed by atoms with Gasteiger partial charge in [0.1, 0.15) is 0 Å². The van der Waals surface area contributed by atoms with Crippen LogP contribution >= 0.6 is 0 Å². The van der Waals surface area contributed by atoms with Gasteiger partial charge >= 0.3 is 0 Å². The van der Waals surface area contributed by atoms with Crippen molar-refractivity contribution in [1.29, 1.82) is 5.26 Å². The molecule has 0 saturated heterocycles. The van der Waals surface area contributed by atoms with E-state index in [0.717, 1.165) is 18.8 Å². The van der Waals surface area contributed by atoms with E-state index >= 15 is 0 Å². The highest BCUT2D eigenvalue weighted by atomic mass is 14.2. The second-order valence-corrected chi connectivity index (χ2v) is 7.54. The monoisotopic (exact) mass is 321 g/mol. The maximum atomic E-state index is 8.57. The zero-order chi connectivity index (χ0) is 17.0. The highest BCUT2D eigenvalue weighted by Crippen LogP contribution is 2.17. The highest BCUT2D eigenvalue weighted by molar-refractivity contribution is 4.70. The van der Waals surface area contributed by atoms with Gasteiger partial charge < -0.3 is 0 Å². The molecule has 1 heteroatoms. The summed E-state index contributed by atoms with van der Waals surface area (Å²) < 4.78 is 0. The van der Waals surface area contributed by atoms with E-state index in [2.05, 4.69) is 19.9 Å². The lowest BCUT2D eigenvalue weighted by Gasteiger charge is -2.08. The van der Waals surface area contributed by atoms with Gasteiger partial charge in [-0.2, -0.15) is 5.26 Å². The Bertz CT molecular complexity index is 253. The summed E-state index contributed by atoms with van der Waals surface area (Å²) in [4.78, 5) is 0. The minimum Gasteiger partial charge on any atom is -0.198 e. The lowest BCUT2D eigenvalue weighted by molar-refractivity contribution is 0.458. The van der Waals surface area contributed by atoms with Gasteiger partial charge in [-0.15, -0.1) is 0 Å². The Morgan fingerprint density at radius 1 is 0.609 bits per heavy atom. The molecule has 0 aromatic carbocycles. The average molecular weight is 322 g/mol. The SMILES string of the molecule is CCCCCCCCCCCCCCCCCC(C)CCC#N. The molecule has 0 aliphatic heterocycles. The summed E-state index contributed by atoms with van der Waals surface area (Å²) >= 11 is 0. The lowest BCUT2D eigenvalue weighted by atomic mass is 9.97. The molecular formula is C22H43N. The largest absolute Gasteiger partial charge is 0.198 e. The molecule has 1 nitrogen and oxygen atoms in total. The molecule has 0 rings (SSSR count). The van der Waals surface area contributed by atoms with Crippen molar-refractivity contribution < 1.29 is 0 Å². The van der Waals surface area contributed by atoms with Crippen LogP contribution in [0.1, 0.15) is 129 Å². The van der Waals surface area contributed by atoms with Crippen LogP contribution in [-0.4, -0.2) is 0 Å². The first kappa shape index (κ1) is 22.5. The first-order valence-electron chi connectivity index (χ1n) is 10.7. The van der Waals surface area contributed by atoms with Crippen molar-refractivity contribution in [2.75, 3.05) is 0 Å². The fourth-order valence-electron chi connectivity index (χ4n) is 3.32. The molecule has 0 amide bonds. The molecular weight excluding hydrogens is 278 g/mol. The standard InChI is InChI=1S/C22H43N/c1-3-4-5-6-7-8-9-10-11-12-13-14-15-16-17-19-22(2)20-18-21-23/h22H,3-20H2,1-2H3. The third kappa shape index (κ3) is 19.4. The maximum Gasteiger partial charge on any atom is 0.0621 e. The van der Waals surface area contributed by atoms with E-state index in [0.29, 0.717) is 0 Å². The Hall–Kier alpha value is -0.510. The van der Waals surface area contributed by atoms with Crippen LogP contribution in [-0.2, 0) is 0 Å². The summed E-state index contributed by atoms with van der Waals surface area (Å²) in [5, 5.41) is 8.57. The Balaban J connectivity index is 3.04. The van der Waals surface area contributed by atoms with Crippen molar-refractivity contribution in [3.8, 4) is 6.07 Å². The fourth-order valence-corrected chi connectivity index (χ4v) is 3.32. The number of nitrogens with zero attached hydrogens (tertiary/aromatic N) is 1. The van der Waals surface area contributed by atoms with Gasteiger partial charge in [-0.25, -0.2) is 0 Å². The maximum absolute atomic E-state index is 8.57. The van der Waals surface area contributed by atoms with Gasteiger partial charge in [-0.1, -0.05) is 117 Å². The predicted octanol–water partition coefficient (Wildman–Crippen LogP) is 8.19. The molecule has 0 fully saturated rings. The van der Waals surface area contributed by atoms with E-state index in [9.17, 15) is 0 Å². The zero-order valence-corrected chi connectivity index (χ0v) is 16.3. The van der Waals surface area contributed by atoms with Gasteiger partial charge in [0.2, 0.25) is 0 Å². The number of unbranched alkanes of at least 4 members (excludes halogenated alkanes) is 14. The molecule has 1 unspecified atom stereocenters. The van der Waals surface area contributed by atoms with Gasteiger partial charge in [-0.05, 0) is 12.3 Å². The Morgan fingerprint density at radius 3 is 1.39 bits per heavy atom. The van der Waals surface area contributed by atoms with E-state index in [1.807, 2.05) is 0 Å². The third-order valence-corrected chi connectivity index (χ3v) is 5.05. The first-order valence-corrected chi connectivity index (χ1v) is 10.7. The van der Waals surface area contributed by atoms with E-state index in [1.165, 1.54) is 103 Å². The molecule has 0 saturated carbocycles. The van der Waals surface area contributed by atoms with Crippen LogP contribution in [0, 0.1) is 17.2 Å². The quantitative estimate of drug-likeness (QED) is 0.233. The van der Waals surface area contributed by atoms with Gasteiger partial charge in [0, 0.05) is 6.42 Å². The molecule has 0 aliphatic carbocycles. The van der Waals surface area contributed by atoms with Crippen molar-refractivity contribution in [1.82, 2.24) is 0 Å². The van der Waals surface area contributed by atoms with E-state index < -0.39 is 0 Å². The van der Waals surface area contributed by atoms with E-state index in [4.69, 9.17) is 5.26 Å². The van der Waals surface area contributed by atoms with E-state index in [1.54, 1.807) is 0 Å². The second kappa shape index (κ2) is 19.5. The predicted molar refractivity (Wildman–Crippen MR) is 104 cm³/mol. The van der Waals surface area contributed by atoms with Crippen molar-refractivity contribution in [3.05, 3.63) is 0 Å². The zero-order valence-electron chi connectivity index (χ0n) is 16.3. The molecule has 23 heavy (non-hydrogen) atoms. The van der Waals surface area contributed by atoms with Crippen LogP contribution in [0.3, 0.4) is 0 Å². The molecule has 0 aliphatic rings. The van der Waals surface area contributed by atoms with Crippen LogP contribution in [0.2, 0.25) is 0 Å². The molecule has 0 aromatic heterocycles. The molecule has 0 N–H and O–H groups in total. The van der Waals surface area contributed by atoms with Crippen LogP contribution in [0.4, 0.5) is 0 Å². The number of rotatable bonds is 18. The summed E-state index contributed by atoms with van der Waals surface area (Å²) in [6, 6.07) is 2.25. The fraction of sp³-hybridized carbons (Fsp3) is 0.955. The minimum atomic E-state index is 0.736. The average Bonchev–Trinajstić information content (AvgIpc) is 2.56. The van der Waals surface area contributed by atoms with Gasteiger partial charge in [0.25, 0.3) is 0 Å². The van der Waals surface area contributed by atoms with Crippen LogP contribution in [0.25, 0.3) is 0 Å². The normalized spacial score (nSPS) is 12.2. The third-order valence-electron chi connectivity index (χ3n) is 5.05. The molecule has 136 valence electrons. The first-order chi connectivity index (χ1) is 11.3. The molecule has 0 bridgehead atoms. The second-order valence-electron chi connectivity index (χ2n) is 7.54. The van der Waals surface area contributed by atoms with Crippen molar-refractivity contribution in [3.63, 3.8) is 0 Å². The van der Waals surface area contributed by atoms with E-state index in [-0.39, 0.29) is 0 Å². The summed E-state index contributed by atoms with van der Waals surface area (Å²) in [5.41, 5.74) is 0. The van der Waals surface area contributed by atoms with Crippen LogP contribution < -0.4 is 0 Å². The van der Waals surface area contributed by atoms with Gasteiger partial charge in [0.15, 0.2) is 0 Å². The molecule has 0 aromatic rings. The Kier molecular flexibility index (Phi) is 19.1. The minimum absolute atomic E-state index is 0.736. The van der Waals surface area contributed by atoms with Crippen molar-refractivity contribution in [2.45, 2.75) is 129 Å². The van der Waals surface area contributed by atoms with Crippen molar-refractivity contribution >= 4 is 0 Å². The molecule has 0 radical (unpaired) electrons. The van der Waals surface area contributed by atoms with Gasteiger partial charge in [0.05, 0.1) is 6.07 Å². The smallest absolute Gasteiger partial charge is 0.0621 e. The molecule has 1 atom stereocenters. The lowest BCUT2D eigenvalue weighted by Crippen LogP contribution is -1.94. The summed E-state index contributed by atoms with van der Waals surface area (Å²) in [7, 11) is 0. The summed E-state index contributed by atoms with van der Waals surface area (Å²) in [6.07, 6.45) is 24.7.